The number of aromatic nitrogens is 2. The van der Waals surface area contributed by atoms with Crippen molar-refractivity contribution in [1.29, 1.82) is 0 Å². The van der Waals surface area contributed by atoms with Crippen molar-refractivity contribution >= 4 is 5.97 Å². The molecule has 0 radical (unpaired) electrons. The molecule has 3 aromatic rings. The fourth-order valence-corrected chi connectivity index (χ4v) is 2.51. The van der Waals surface area contributed by atoms with Crippen LogP contribution in [0, 0.1) is 12.7 Å². The number of halogens is 1. The summed E-state index contributed by atoms with van der Waals surface area (Å²) in [5.41, 5.74) is 4.31. The molecule has 1 N–H and O–H groups in total. The third-order valence-electron chi connectivity index (χ3n) is 3.81. The van der Waals surface area contributed by atoms with Gasteiger partial charge in [-0.25, -0.2) is 9.07 Å². The Bertz CT molecular complexity index is 852. The van der Waals surface area contributed by atoms with E-state index in [-0.39, 0.29) is 12.2 Å². The van der Waals surface area contributed by atoms with E-state index in [1.807, 2.05) is 37.4 Å². The van der Waals surface area contributed by atoms with Gasteiger partial charge < -0.3 is 5.11 Å². The van der Waals surface area contributed by atoms with Gasteiger partial charge in [-0.2, -0.15) is 5.10 Å². The van der Waals surface area contributed by atoms with Gasteiger partial charge in [0.1, 0.15) is 5.82 Å². The molecule has 0 saturated heterocycles. The smallest absolute Gasteiger partial charge is 0.303 e. The first-order valence-electron chi connectivity index (χ1n) is 7.66. The Hall–Kier alpha value is -2.95. The molecule has 0 amide bonds. The lowest BCUT2D eigenvalue weighted by Crippen LogP contribution is -1.97. The Morgan fingerprint density at radius 3 is 2.42 bits per heavy atom. The Kier molecular flexibility index (Phi) is 4.42. The molecule has 1 heterocycles. The number of aliphatic carboxylic acids is 1. The summed E-state index contributed by atoms with van der Waals surface area (Å²) in [6, 6.07) is 14.0. The van der Waals surface area contributed by atoms with E-state index in [2.05, 4.69) is 5.10 Å². The van der Waals surface area contributed by atoms with Gasteiger partial charge in [0.05, 0.1) is 11.4 Å². The number of hydrogen-bond acceptors (Lipinski definition) is 2. The lowest BCUT2D eigenvalue weighted by Gasteiger charge is -2.02. The Labute approximate surface area is 139 Å². The minimum absolute atomic E-state index is 0.0216. The molecular weight excluding hydrogens is 307 g/mol. The summed E-state index contributed by atoms with van der Waals surface area (Å²) >= 11 is 0. The van der Waals surface area contributed by atoms with E-state index in [0.29, 0.717) is 12.1 Å². The van der Waals surface area contributed by atoms with E-state index in [1.54, 1.807) is 16.8 Å². The maximum atomic E-state index is 13.2. The Balaban J connectivity index is 2.02. The predicted molar refractivity (Wildman–Crippen MR) is 89.7 cm³/mol. The molecular formula is C19H17FN2O2. The lowest BCUT2D eigenvalue weighted by molar-refractivity contribution is -0.136. The molecule has 4 nitrogen and oxygen atoms in total. The van der Waals surface area contributed by atoms with E-state index in [4.69, 9.17) is 5.11 Å². The maximum Gasteiger partial charge on any atom is 0.303 e. The molecule has 24 heavy (non-hydrogen) atoms. The largest absolute Gasteiger partial charge is 0.481 e. The standard InChI is InChI=1S/C19H17FN2O2/c1-13-2-9-17(10-3-13)22-12-15(6-11-18(23)24)19(21-22)14-4-7-16(20)8-5-14/h2-5,7-10,12H,6,11H2,1H3,(H,23,24). The number of carbonyl (C=O) groups is 1. The van der Waals surface area contributed by atoms with Gasteiger partial charge in [-0.05, 0) is 55.3 Å². The summed E-state index contributed by atoms with van der Waals surface area (Å²) in [6.45, 7) is 2.01. The number of carboxylic acids is 1. The molecule has 3 rings (SSSR count). The monoisotopic (exact) mass is 324 g/mol. The van der Waals surface area contributed by atoms with Crippen LogP contribution in [0.5, 0.6) is 0 Å². The van der Waals surface area contributed by atoms with Crippen LogP contribution in [-0.4, -0.2) is 20.9 Å². The van der Waals surface area contributed by atoms with Gasteiger partial charge in [0.25, 0.3) is 0 Å². The van der Waals surface area contributed by atoms with Crippen LogP contribution in [-0.2, 0) is 11.2 Å². The van der Waals surface area contributed by atoms with Crippen molar-refractivity contribution in [2.75, 3.05) is 0 Å². The highest BCUT2D eigenvalue weighted by atomic mass is 19.1. The second-order valence-electron chi connectivity index (χ2n) is 5.68. The average Bonchev–Trinajstić information content (AvgIpc) is 2.98. The van der Waals surface area contributed by atoms with Gasteiger partial charge in [-0.1, -0.05) is 17.7 Å². The molecule has 0 aliphatic rings. The summed E-state index contributed by atoms with van der Waals surface area (Å²) in [5, 5.41) is 13.5. The third kappa shape index (κ3) is 3.51. The van der Waals surface area contributed by atoms with Crippen LogP contribution in [0.2, 0.25) is 0 Å². The topological polar surface area (TPSA) is 55.1 Å². The zero-order valence-corrected chi connectivity index (χ0v) is 13.2. The van der Waals surface area contributed by atoms with E-state index < -0.39 is 5.97 Å². The number of rotatable bonds is 5. The van der Waals surface area contributed by atoms with Gasteiger partial charge in [-0.15, -0.1) is 0 Å². The molecule has 0 atom stereocenters. The second kappa shape index (κ2) is 6.66. The lowest BCUT2D eigenvalue weighted by atomic mass is 10.0. The van der Waals surface area contributed by atoms with Crippen LogP contribution in [0.4, 0.5) is 4.39 Å². The fourth-order valence-electron chi connectivity index (χ4n) is 2.51. The third-order valence-corrected chi connectivity index (χ3v) is 3.81. The van der Waals surface area contributed by atoms with Gasteiger partial charge in [0, 0.05) is 18.2 Å². The summed E-state index contributed by atoms with van der Waals surface area (Å²) in [6.07, 6.45) is 2.23. The van der Waals surface area contributed by atoms with Crippen LogP contribution in [0.25, 0.3) is 16.9 Å². The number of carboxylic acid groups (broad SMARTS) is 1. The molecule has 2 aromatic carbocycles. The first kappa shape index (κ1) is 15.9. The van der Waals surface area contributed by atoms with Crippen molar-refractivity contribution in [2.24, 2.45) is 0 Å². The number of hydrogen-bond donors (Lipinski definition) is 1. The highest BCUT2D eigenvalue weighted by Crippen LogP contribution is 2.25. The SMILES string of the molecule is Cc1ccc(-n2cc(CCC(=O)O)c(-c3ccc(F)cc3)n2)cc1. The van der Waals surface area contributed by atoms with E-state index in [1.165, 1.54) is 12.1 Å². The summed E-state index contributed by atoms with van der Waals surface area (Å²) in [4.78, 5) is 10.9. The summed E-state index contributed by atoms with van der Waals surface area (Å²) in [5.74, 6) is -1.17. The van der Waals surface area contributed by atoms with Gasteiger partial charge in [-0.3, -0.25) is 4.79 Å². The van der Waals surface area contributed by atoms with Crippen LogP contribution in [0.15, 0.2) is 54.7 Å². The highest BCUT2D eigenvalue weighted by Gasteiger charge is 2.13. The quantitative estimate of drug-likeness (QED) is 0.771. The van der Waals surface area contributed by atoms with Gasteiger partial charge >= 0.3 is 5.97 Å². The van der Waals surface area contributed by atoms with E-state index >= 15 is 0 Å². The molecule has 0 spiro atoms. The van der Waals surface area contributed by atoms with Crippen LogP contribution >= 0.6 is 0 Å². The fraction of sp³-hybridized carbons (Fsp3) is 0.158. The molecule has 5 heteroatoms. The van der Waals surface area contributed by atoms with Crippen LogP contribution in [0.1, 0.15) is 17.5 Å². The van der Waals surface area contributed by atoms with Crippen LogP contribution < -0.4 is 0 Å². The molecule has 1 aromatic heterocycles. The molecule has 0 bridgehead atoms. The van der Waals surface area contributed by atoms with Crippen molar-refractivity contribution in [2.45, 2.75) is 19.8 Å². The normalized spacial score (nSPS) is 10.8. The first-order chi connectivity index (χ1) is 11.5. The average molecular weight is 324 g/mol. The molecule has 0 aliphatic heterocycles. The molecule has 0 aliphatic carbocycles. The number of aryl methyl sites for hydroxylation is 2. The summed E-state index contributed by atoms with van der Waals surface area (Å²) < 4.78 is 14.9. The zero-order chi connectivity index (χ0) is 17.1. The number of benzene rings is 2. The zero-order valence-electron chi connectivity index (χ0n) is 13.2. The summed E-state index contributed by atoms with van der Waals surface area (Å²) in [7, 11) is 0. The van der Waals surface area contributed by atoms with Crippen molar-refractivity contribution in [3.63, 3.8) is 0 Å². The second-order valence-corrected chi connectivity index (χ2v) is 5.68. The van der Waals surface area contributed by atoms with Gasteiger partial charge in [0.2, 0.25) is 0 Å². The van der Waals surface area contributed by atoms with Crippen LogP contribution in [0.3, 0.4) is 0 Å². The maximum absolute atomic E-state index is 13.2. The van der Waals surface area contributed by atoms with Gasteiger partial charge in [0.15, 0.2) is 0 Å². The molecule has 0 saturated carbocycles. The molecule has 0 fully saturated rings. The van der Waals surface area contributed by atoms with Crippen molar-refractivity contribution < 1.29 is 14.3 Å². The highest BCUT2D eigenvalue weighted by molar-refractivity contribution is 5.69. The Morgan fingerprint density at radius 2 is 1.79 bits per heavy atom. The predicted octanol–water partition coefficient (Wildman–Crippen LogP) is 4.00. The molecule has 0 unspecified atom stereocenters. The van der Waals surface area contributed by atoms with Crippen molar-refractivity contribution in [3.8, 4) is 16.9 Å². The number of nitrogens with zero attached hydrogens (tertiary/aromatic N) is 2. The van der Waals surface area contributed by atoms with E-state index in [0.717, 1.165) is 22.4 Å². The Morgan fingerprint density at radius 1 is 1.12 bits per heavy atom. The minimum Gasteiger partial charge on any atom is -0.481 e. The first-order valence-corrected chi connectivity index (χ1v) is 7.66. The van der Waals surface area contributed by atoms with Crippen molar-refractivity contribution in [1.82, 2.24) is 9.78 Å². The van der Waals surface area contributed by atoms with Crippen molar-refractivity contribution in [3.05, 3.63) is 71.7 Å². The van der Waals surface area contributed by atoms with E-state index in [9.17, 15) is 9.18 Å². The molecule has 122 valence electrons. The minimum atomic E-state index is -0.858.